The Bertz CT molecular complexity index is 1140. The molecule has 4 rings (SSSR count). The fraction of sp³-hybridized carbons (Fsp3) is 0.261. The van der Waals surface area contributed by atoms with Crippen molar-refractivity contribution in [3.05, 3.63) is 65.9 Å². The molecule has 0 saturated heterocycles. The summed E-state index contributed by atoms with van der Waals surface area (Å²) >= 11 is 0. The average Bonchev–Trinajstić information content (AvgIpc) is 3.37. The molecule has 0 aliphatic rings. The number of anilines is 1. The van der Waals surface area contributed by atoms with E-state index in [4.69, 9.17) is 9.26 Å². The van der Waals surface area contributed by atoms with Gasteiger partial charge in [0, 0.05) is 31.4 Å². The minimum Gasteiger partial charge on any atom is -0.382 e. The van der Waals surface area contributed by atoms with Crippen LogP contribution in [-0.4, -0.2) is 33.8 Å². The highest BCUT2D eigenvalue weighted by Gasteiger charge is 2.18. The zero-order valence-corrected chi connectivity index (χ0v) is 17.1. The number of fused-ring (bicyclic) bond motifs is 1. The molecular weight excluding hydrogens is 380 g/mol. The number of benzene rings is 2. The van der Waals surface area contributed by atoms with E-state index in [1.807, 2.05) is 66.9 Å². The molecule has 0 aliphatic carbocycles. The van der Waals surface area contributed by atoms with Crippen molar-refractivity contribution in [3.8, 4) is 11.3 Å². The van der Waals surface area contributed by atoms with E-state index >= 15 is 0 Å². The number of hydrogen-bond donors (Lipinski definition) is 1. The van der Waals surface area contributed by atoms with Gasteiger partial charge in [0.05, 0.1) is 11.0 Å². The molecule has 0 atom stereocenters. The molecule has 0 saturated carbocycles. The van der Waals surface area contributed by atoms with Crippen LogP contribution in [0.3, 0.4) is 0 Å². The number of aryl methyl sites for hydroxylation is 2. The van der Waals surface area contributed by atoms with Crippen LogP contribution >= 0.6 is 0 Å². The van der Waals surface area contributed by atoms with Crippen molar-refractivity contribution < 1.29 is 14.1 Å². The van der Waals surface area contributed by atoms with Crippen LogP contribution < -0.4 is 5.32 Å². The summed E-state index contributed by atoms with van der Waals surface area (Å²) in [4.78, 5) is 17.4. The smallest absolute Gasteiger partial charge is 0.296 e. The van der Waals surface area contributed by atoms with E-state index in [0.717, 1.165) is 28.6 Å². The molecule has 7 nitrogen and oxygen atoms in total. The Kier molecular flexibility index (Phi) is 5.90. The molecule has 2 aromatic heterocycles. The van der Waals surface area contributed by atoms with Gasteiger partial charge in [0.1, 0.15) is 5.69 Å². The summed E-state index contributed by atoms with van der Waals surface area (Å²) in [7, 11) is 0. The fourth-order valence-electron chi connectivity index (χ4n) is 3.27. The van der Waals surface area contributed by atoms with E-state index in [2.05, 4.69) is 15.5 Å². The Morgan fingerprint density at radius 3 is 2.77 bits per heavy atom. The van der Waals surface area contributed by atoms with Crippen LogP contribution in [0.2, 0.25) is 0 Å². The number of imidazole rings is 1. The van der Waals surface area contributed by atoms with E-state index in [9.17, 15) is 4.79 Å². The van der Waals surface area contributed by atoms with Gasteiger partial charge >= 0.3 is 0 Å². The first-order valence-electron chi connectivity index (χ1n) is 10.0. The number of amides is 1. The van der Waals surface area contributed by atoms with Crippen LogP contribution in [0.25, 0.3) is 22.3 Å². The van der Waals surface area contributed by atoms with Crippen molar-refractivity contribution in [1.29, 1.82) is 0 Å². The summed E-state index contributed by atoms with van der Waals surface area (Å²) in [5.74, 6) is 0.228. The molecule has 0 spiro atoms. The first kappa shape index (κ1) is 19.8. The van der Waals surface area contributed by atoms with Gasteiger partial charge in [0.2, 0.25) is 11.7 Å². The SMILES string of the molecule is CCOCCCn1c(NC(=O)c2cc(-c3ccc(C)cc3)no2)nc2ccccc21. The summed E-state index contributed by atoms with van der Waals surface area (Å²) in [5, 5.41) is 6.90. The Morgan fingerprint density at radius 1 is 1.17 bits per heavy atom. The maximum Gasteiger partial charge on any atom is 0.296 e. The Morgan fingerprint density at radius 2 is 1.97 bits per heavy atom. The van der Waals surface area contributed by atoms with Gasteiger partial charge in [0.15, 0.2) is 0 Å². The lowest BCUT2D eigenvalue weighted by atomic mass is 10.1. The van der Waals surface area contributed by atoms with Crippen molar-refractivity contribution in [2.45, 2.75) is 26.8 Å². The molecule has 2 heterocycles. The second-order valence-electron chi connectivity index (χ2n) is 7.02. The highest BCUT2D eigenvalue weighted by molar-refractivity contribution is 6.02. The van der Waals surface area contributed by atoms with Gasteiger partial charge < -0.3 is 13.8 Å². The van der Waals surface area contributed by atoms with Gasteiger partial charge in [-0.2, -0.15) is 0 Å². The maximum absolute atomic E-state index is 12.8. The second-order valence-corrected chi connectivity index (χ2v) is 7.02. The third kappa shape index (κ3) is 4.26. The molecule has 0 unspecified atom stereocenters. The second kappa shape index (κ2) is 8.92. The monoisotopic (exact) mass is 404 g/mol. The van der Waals surface area contributed by atoms with Crippen molar-refractivity contribution in [2.24, 2.45) is 0 Å². The van der Waals surface area contributed by atoms with Crippen LogP contribution in [0.4, 0.5) is 5.95 Å². The third-order valence-electron chi connectivity index (χ3n) is 4.84. The molecule has 4 aromatic rings. The predicted octanol–water partition coefficient (Wildman–Crippen LogP) is 4.68. The van der Waals surface area contributed by atoms with Crippen LogP contribution in [-0.2, 0) is 11.3 Å². The lowest BCUT2D eigenvalue weighted by molar-refractivity contribution is 0.0986. The minimum absolute atomic E-state index is 0.137. The van der Waals surface area contributed by atoms with Crippen molar-refractivity contribution in [2.75, 3.05) is 18.5 Å². The highest BCUT2D eigenvalue weighted by Crippen LogP contribution is 2.23. The molecule has 0 aliphatic heterocycles. The van der Waals surface area contributed by atoms with Gasteiger partial charge in [-0.3, -0.25) is 10.1 Å². The first-order chi connectivity index (χ1) is 14.7. The number of rotatable bonds is 8. The lowest BCUT2D eigenvalue weighted by Gasteiger charge is -2.09. The Labute approximate surface area is 174 Å². The summed E-state index contributed by atoms with van der Waals surface area (Å²) in [6.45, 7) is 6.01. The zero-order chi connectivity index (χ0) is 20.9. The molecule has 154 valence electrons. The summed E-state index contributed by atoms with van der Waals surface area (Å²) in [6, 6.07) is 17.3. The predicted molar refractivity (Wildman–Crippen MR) is 115 cm³/mol. The molecule has 30 heavy (non-hydrogen) atoms. The number of nitrogens with one attached hydrogen (secondary N) is 1. The van der Waals surface area contributed by atoms with E-state index < -0.39 is 0 Å². The number of ether oxygens (including phenoxy) is 1. The van der Waals surface area contributed by atoms with Gasteiger partial charge in [-0.1, -0.05) is 47.1 Å². The molecule has 1 N–H and O–H groups in total. The van der Waals surface area contributed by atoms with Crippen molar-refractivity contribution in [3.63, 3.8) is 0 Å². The number of para-hydroxylation sites is 2. The first-order valence-corrected chi connectivity index (χ1v) is 10.0. The summed E-state index contributed by atoms with van der Waals surface area (Å²) in [6.07, 6.45) is 0.816. The maximum atomic E-state index is 12.8. The number of nitrogens with zero attached hydrogens (tertiary/aromatic N) is 3. The molecule has 2 aromatic carbocycles. The topological polar surface area (TPSA) is 82.2 Å². The van der Waals surface area contributed by atoms with Gasteiger partial charge in [-0.25, -0.2) is 4.98 Å². The number of aromatic nitrogens is 3. The number of carbonyl (C=O) groups excluding carboxylic acids is 1. The average molecular weight is 404 g/mol. The molecule has 0 bridgehead atoms. The van der Waals surface area contributed by atoms with Crippen molar-refractivity contribution >= 4 is 22.9 Å². The molecular formula is C23H24N4O3. The Hall–Kier alpha value is -3.45. The summed E-state index contributed by atoms with van der Waals surface area (Å²) in [5.41, 5.74) is 4.45. The number of carbonyl (C=O) groups is 1. The van der Waals surface area contributed by atoms with Crippen LogP contribution in [0.15, 0.2) is 59.1 Å². The number of hydrogen-bond acceptors (Lipinski definition) is 5. The molecule has 0 fully saturated rings. The van der Waals surface area contributed by atoms with Gasteiger partial charge in [-0.15, -0.1) is 0 Å². The standard InChI is InChI=1S/C23H24N4O3/c1-3-29-14-6-13-27-20-8-5-4-7-18(20)24-23(27)25-22(28)21-15-19(26-30-21)17-11-9-16(2)10-12-17/h4-5,7-12,15H,3,6,13-14H2,1-2H3,(H,24,25,28). The normalized spacial score (nSPS) is 11.1. The molecule has 7 heteroatoms. The van der Waals surface area contributed by atoms with E-state index in [-0.39, 0.29) is 11.7 Å². The van der Waals surface area contributed by atoms with Crippen LogP contribution in [0, 0.1) is 6.92 Å². The highest BCUT2D eigenvalue weighted by atomic mass is 16.5. The molecule has 0 radical (unpaired) electrons. The summed E-state index contributed by atoms with van der Waals surface area (Å²) < 4.78 is 12.7. The third-order valence-corrected chi connectivity index (χ3v) is 4.84. The largest absolute Gasteiger partial charge is 0.382 e. The van der Waals surface area contributed by atoms with Crippen molar-refractivity contribution in [1.82, 2.24) is 14.7 Å². The van der Waals surface area contributed by atoms with Crippen LogP contribution in [0.1, 0.15) is 29.5 Å². The zero-order valence-electron chi connectivity index (χ0n) is 17.1. The van der Waals surface area contributed by atoms with E-state index in [1.54, 1.807) is 6.07 Å². The lowest BCUT2D eigenvalue weighted by Crippen LogP contribution is -2.16. The quantitative estimate of drug-likeness (QED) is 0.431. The molecule has 1 amide bonds. The van der Waals surface area contributed by atoms with E-state index in [1.165, 1.54) is 0 Å². The van der Waals surface area contributed by atoms with E-state index in [0.29, 0.717) is 31.4 Å². The van der Waals surface area contributed by atoms with Gasteiger partial charge in [-0.05, 0) is 32.4 Å². The Balaban J connectivity index is 1.55. The fourth-order valence-corrected chi connectivity index (χ4v) is 3.27. The van der Waals surface area contributed by atoms with Gasteiger partial charge in [0.25, 0.3) is 5.91 Å². The van der Waals surface area contributed by atoms with Crippen LogP contribution in [0.5, 0.6) is 0 Å². The minimum atomic E-state index is -0.387.